The predicted octanol–water partition coefficient (Wildman–Crippen LogP) is 19.4. The summed E-state index contributed by atoms with van der Waals surface area (Å²) in [4.78, 5) is 18.5. The second-order valence-electron chi connectivity index (χ2n) is 19.6. The fourth-order valence-electron chi connectivity index (χ4n) is 11.7. The Kier molecular flexibility index (Phi) is 10.7. The fraction of sp³-hybridized carbons (Fsp3) is 0. The Bertz CT molecular complexity index is 4470. The fourth-order valence-corrected chi connectivity index (χ4v) is 11.7. The number of oxazole rings is 2. The van der Waals surface area contributed by atoms with Crippen molar-refractivity contribution in [1.82, 2.24) is 19.9 Å². The number of benzene rings is 12. The van der Waals surface area contributed by atoms with Gasteiger partial charge in [0.15, 0.2) is 11.2 Å². The van der Waals surface area contributed by atoms with Crippen molar-refractivity contribution < 1.29 is 8.83 Å². The molecule has 16 aromatic rings. The molecule has 0 unspecified atom stereocenters. The number of rotatable bonds is 6. The van der Waals surface area contributed by atoms with Gasteiger partial charge >= 0.3 is 0 Å². The number of hydrogen-bond donors (Lipinski definition) is 0. The highest BCUT2D eigenvalue weighted by atomic mass is 16.4. The summed E-state index contributed by atoms with van der Waals surface area (Å²) in [6, 6.07) is 86.9. The molecule has 6 heteroatoms. The summed E-state index contributed by atoms with van der Waals surface area (Å²) in [6.45, 7) is 0. The van der Waals surface area contributed by atoms with Crippen LogP contribution in [0.2, 0.25) is 0 Å². The molecule has 78 heavy (non-hydrogen) atoms. The summed E-state index contributed by atoms with van der Waals surface area (Å²) >= 11 is 0. The minimum Gasteiger partial charge on any atom is -0.436 e. The van der Waals surface area contributed by atoms with E-state index in [0.717, 1.165) is 60.7 Å². The van der Waals surface area contributed by atoms with Crippen LogP contribution in [0.25, 0.3) is 154 Å². The van der Waals surface area contributed by atoms with Crippen LogP contribution < -0.4 is 0 Å². The van der Waals surface area contributed by atoms with Crippen LogP contribution in [0.3, 0.4) is 0 Å². The maximum absolute atomic E-state index is 6.02. The number of pyridine rings is 2. The molecule has 0 radical (unpaired) electrons. The van der Waals surface area contributed by atoms with Crippen LogP contribution in [0, 0.1) is 0 Å². The van der Waals surface area contributed by atoms with Gasteiger partial charge in [0, 0.05) is 40.5 Å². The summed E-state index contributed by atoms with van der Waals surface area (Å²) in [6.07, 6.45) is 5.75. The zero-order chi connectivity index (χ0) is 51.5. The van der Waals surface area contributed by atoms with Gasteiger partial charge in [-0.15, -0.1) is 0 Å². The first kappa shape index (κ1) is 44.9. The summed E-state index contributed by atoms with van der Waals surface area (Å²) in [5.41, 5.74) is 15.9. The highest BCUT2D eigenvalue weighted by molar-refractivity contribution is 6.25. The summed E-state index contributed by atoms with van der Waals surface area (Å²) in [7, 11) is 0. The topological polar surface area (TPSA) is 77.8 Å². The molecular formula is C72H44N4O2. The average Bonchev–Trinajstić information content (AvgIpc) is 4.19. The maximum Gasteiger partial charge on any atom is 0.227 e. The van der Waals surface area contributed by atoms with E-state index in [2.05, 4.69) is 214 Å². The van der Waals surface area contributed by atoms with Gasteiger partial charge < -0.3 is 8.83 Å². The van der Waals surface area contributed by atoms with Gasteiger partial charge in [-0.1, -0.05) is 182 Å². The molecule has 0 aliphatic heterocycles. The minimum atomic E-state index is 0.636. The van der Waals surface area contributed by atoms with E-state index in [0.29, 0.717) is 11.8 Å². The first-order chi connectivity index (χ1) is 38.7. The molecule has 0 N–H and O–H groups in total. The van der Waals surface area contributed by atoms with Gasteiger partial charge in [0.05, 0.1) is 5.52 Å². The van der Waals surface area contributed by atoms with Gasteiger partial charge in [-0.25, -0.2) is 9.97 Å². The third kappa shape index (κ3) is 7.57. The Balaban J connectivity index is 0.000000136. The molecule has 6 nitrogen and oxygen atoms in total. The molecular weight excluding hydrogens is 953 g/mol. The van der Waals surface area contributed by atoms with Crippen LogP contribution in [0.15, 0.2) is 276 Å². The number of nitrogens with zero attached hydrogens (tertiary/aromatic N) is 4. The second kappa shape index (κ2) is 18.7. The molecule has 0 atom stereocenters. The van der Waals surface area contributed by atoms with Crippen molar-refractivity contribution in [2.75, 3.05) is 0 Å². The number of fused-ring (bicyclic) bond motifs is 8. The van der Waals surface area contributed by atoms with Crippen LogP contribution >= 0.6 is 0 Å². The standard InChI is InChI=1S/2C36H22N2O/c1-3-12-28-26(10-1)34(23-17-19-24(20-18-23)36-38-32-15-7-8-16-33(32)39-36)27-11-2-4-13-29(27)35(28)30-21-22-37-31-14-6-5-9-25(30)31;1-3-11-28-26(9-1)34(24-16-18-25(19-17-24)36-38-32-14-5-6-15-33(32)39-36)27-10-2-4-12-29(27)35(28)30-13-7-8-23-20-21-37-22-31(23)30/h2*1-22H. The molecule has 0 aliphatic rings. The lowest BCUT2D eigenvalue weighted by atomic mass is 9.85. The smallest absolute Gasteiger partial charge is 0.227 e. The Morgan fingerprint density at radius 1 is 0.256 bits per heavy atom. The van der Waals surface area contributed by atoms with Crippen molar-refractivity contribution in [3.8, 4) is 67.4 Å². The summed E-state index contributed by atoms with van der Waals surface area (Å²) in [5.74, 6) is 1.27. The van der Waals surface area contributed by atoms with E-state index in [1.54, 1.807) is 0 Å². The van der Waals surface area contributed by atoms with E-state index in [-0.39, 0.29) is 0 Å². The van der Waals surface area contributed by atoms with E-state index in [1.807, 2.05) is 73.2 Å². The van der Waals surface area contributed by atoms with Crippen LogP contribution in [-0.4, -0.2) is 19.9 Å². The summed E-state index contributed by atoms with van der Waals surface area (Å²) in [5, 5.41) is 13.3. The van der Waals surface area contributed by atoms with Gasteiger partial charge in [-0.3, -0.25) is 9.97 Å². The lowest BCUT2D eigenvalue weighted by Gasteiger charge is -2.18. The highest BCUT2D eigenvalue weighted by Gasteiger charge is 2.21. The van der Waals surface area contributed by atoms with E-state index in [1.165, 1.54) is 81.9 Å². The molecule has 0 bridgehead atoms. The van der Waals surface area contributed by atoms with Gasteiger partial charge in [0.1, 0.15) is 11.0 Å². The third-order valence-corrected chi connectivity index (χ3v) is 15.2. The van der Waals surface area contributed by atoms with Crippen molar-refractivity contribution >= 4 is 87.0 Å². The highest BCUT2D eigenvalue weighted by Crippen LogP contribution is 2.47. The van der Waals surface area contributed by atoms with Gasteiger partial charge in [0.2, 0.25) is 11.8 Å². The summed E-state index contributed by atoms with van der Waals surface area (Å²) < 4.78 is 12.0. The lowest BCUT2D eigenvalue weighted by Crippen LogP contribution is -1.92. The van der Waals surface area contributed by atoms with Gasteiger partial charge in [0.25, 0.3) is 0 Å². The Hall–Kier alpha value is -10.6. The van der Waals surface area contributed by atoms with Crippen LogP contribution in [-0.2, 0) is 0 Å². The van der Waals surface area contributed by atoms with Crippen LogP contribution in [0.5, 0.6) is 0 Å². The zero-order valence-corrected chi connectivity index (χ0v) is 42.0. The Morgan fingerprint density at radius 2 is 0.641 bits per heavy atom. The van der Waals surface area contributed by atoms with Crippen molar-refractivity contribution in [2.24, 2.45) is 0 Å². The predicted molar refractivity (Wildman–Crippen MR) is 321 cm³/mol. The van der Waals surface area contributed by atoms with Crippen LogP contribution in [0.4, 0.5) is 0 Å². The van der Waals surface area contributed by atoms with Crippen molar-refractivity contribution in [2.45, 2.75) is 0 Å². The number of aromatic nitrogens is 4. The zero-order valence-electron chi connectivity index (χ0n) is 42.0. The first-order valence-corrected chi connectivity index (χ1v) is 26.2. The molecule has 0 aliphatic carbocycles. The molecule has 12 aromatic carbocycles. The van der Waals surface area contributed by atoms with Crippen molar-refractivity contribution in [3.63, 3.8) is 0 Å². The molecule has 4 aromatic heterocycles. The lowest BCUT2D eigenvalue weighted by molar-refractivity contribution is 0.619. The molecule has 0 saturated carbocycles. The molecule has 364 valence electrons. The second-order valence-corrected chi connectivity index (χ2v) is 19.6. The number of para-hydroxylation sites is 5. The normalized spacial score (nSPS) is 11.6. The SMILES string of the molecule is c1cc(-c2c3ccccc3c(-c3ccc(-c4nc5ccccc5o4)cc3)c3ccccc23)c2cnccc2c1.c1ccc2oc(-c3ccc(-c4c5ccccc5c(-c5ccnc6ccccc56)c5ccccc45)cc3)nc2c1. The van der Waals surface area contributed by atoms with Gasteiger partial charge in [-0.2, -0.15) is 0 Å². The molecule has 16 rings (SSSR count). The molecule has 4 heterocycles. The van der Waals surface area contributed by atoms with Crippen molar-refractivity contribution in [3.05, 3.63) is 267 Å². The Labute approximate surface area is 448 Å². The van der Waals surface area contributed by atoms with Gasteiger partial charge in [-0.05, 0) is 160 Å². The number of hydrogen-bond acceptors (Lipinski definition) is 6. The monoisotopic (exact) mass is 996 g/mol. The molecule has 0 saturated heterocycles. The Morgan fingerprint density at radius 3 is 1.10 bits per heavy atom. The third-order valence-electron chi connectivity index (χ3n) is 15.2. The first-order valence-electron chi connectivity index (χ1n) is 26.2. The van der Waals surface area contributed by atoms with Crippen LogP contribution in [0.1, 0.15) is 0 Å². The van der Waals surface area contributed by atoms with E-state index < -0.39 is 0 Å². The largest absolute Gasteiger partial charge is 0.436 e. The van der Waals surface area contributed by atoms with E-state index >= 15 is 0 Å². The van der Waals surface area contributed by atoms with Crippen molar-refractivity contribution in [1.29, 1.82) is 0 Å². The average molecular weight is 997 g/mol. The minimum absolute atomic E-state index is 0.636. The maximum atomic E-state index is 6.02. The molecule has 0 fully saturated rings. The van der Waals surface area contributed by atoms with E-state index in [4.69, 9.17) is 8.83 Å². The molecule has 0 amide bonds. The quantitative estimate of drug-likeness (QED) is 0.154. The van der Waals surface area contributed by atoms with E-state index in [9.17, 15) is 0 Å². The molecule has 0 spiro atoms.